The standard InChI is InChI=1S/C21H19ClN2O2S/c22-18-13-11-17(27-18)12-14-19(25)24-20(15-7-3-1-4-8-15)21(26)23-16-9-5-2-6-10-16/h1-11,13,20H,12,14H2,(H,23,26)(H,24,25). The van der Waals surface area contributed by atoms with Crippen molar-refractivity contribution >= 4 is 40.4 Å². The second kappa shape index (κ2) is 9.35. The zero-order valence-corrected chi connectivity index (χ0v) is 16.1. The summed E-state index contributed by atoms with van der Waals surface area (Å²) in [5, 5.41) is 5.70. The van der Waals surface area contributed by atoms with Gasteiger partial charge in [0.05, 0.1) is 4.34 Å². The van der Waals surface area contributed by atoms with Crippen LogP contribution >= 0.6 is 22.9 Å². The van der Waals surface area contributed by atoms with Crippen molar-refractivity contribution in [1.29, 1.82) is 0 Å². The Morgan fingerprint density at radius 3 is 2.22 bits per heavy atom. The third-order valence-corrected chi connectivity index (χ3v) is 5.26. The van der Waals surface area contributed by atoms with Gasteiger partial charge in [0.2, 0.25) is 5.91 Å². The summed E-state index contributed by atoms with van der Waals surface area (Å²) in [7, 11) is 0. The summed E-state index contributed by atoms with van der Waals surface area (Å²) in [4.78, 5) is 26.3. The molecule has 1 atom stereocenters. The maximum atomic E-state index is 12.8. The maximum absolute atomic E-state index is 12.8. The Hall–Kier alpha value is -2.63. The molecular formula is C21H19ClN2O2S. The van der Waals surface area contributed by atoms with Crippen molar-refractivity contribution in [1.82, 2.24) is 5.32 Å². The van der Waals surface area contributed by atoms with E-state index in [4.69, 9.17) is 11.6 Å². The minimum Gasteiger partial charge on any atom is -0.341 e. The van der Waals surface area contributed by atoms with Crippen LogP contribution in [0.1, 0.15) is 22.9 Å². The lowest BCUT2D eigenvalue weighted by atomic mass is 10.1. The van der Waals surface area contributed by atoms with E-state index < -0.39 is 6.04 Å². The highest BCUT2D eigenvalue weighted by atomic mass is 35.5. The second-order valence-corrected chi connectivity index (χ2v) is 7.77. The Bertz CT molecular complexity index is 897. The molecule has 3 rings (SSSR count). The number of carbonyl (C=O) groups excluding carboxylic acids is 2. The van der Waals surface area contributed by atoms with Crippen LogP contribution in [0.5, 0.6) is 0 Å². The van der Waals surface area contributed by atoms with Crippen molar-refractivity contribution in [2.45, 2.75) is 18.9 Å². The smallest absolute Gasteiger partial charge is 0.251 e. The van der Waals surface area contributed by atoms with Crippen LogP contribution in [0.25, 0.3) is 0 Å². The lowest BCUT2D eigenvalue weighted by molar-refractivity contribution is -0.126. The monoisotopic (exact) mass is 398 g/mol. The highest BCUT2D eigenvalue weighted by molar-refractivity contribution is 7.16. The molecule has 0 aliphatic heterocycles. The Kier molecular flexibility index (Phi) is 6.63. The number of carbonyl (C=O) groups is 2. The largest absolute Gasteiger partial charge is 0.341 e. The molecule has 0 saturated heterocycles. The Labute approximate surface area is 167 Å². The molecule has 3 aromatic rings. The molecule has 0 aliphatic carbocycles. The van der Waals surface area contributed by atoms with Gasteiger partial charge in [0.25, 0.3) is 5.91 Å². The third-order valence-electron chi connectivity index (χ3n) is 3.97. The first-order valence-corrected chi connectivity index (χ1v) is 9.76. The predicted molar refractivity (Wildman–Crippen MR) is 110 cm³/mol. The molecule has 4 nitrogen and oxygen atoms in total. The van der Waals surface area contributed by atoms with Gasteiger partial charge in [-0.2, -0.15) is 0 Å². The molecule has 1 aromatic heterocycles. The van der Waals surface area contributed by atoms with Crippen molar-refractivity contribution in [2.75, 3.05) is 5.32 Å². The van der Waals surface area contributed by atoms with E-state index in [1.165, 1.54) is 11.3 Å². The van der Waals surface area contributed by atoms with E-state index in [-0.39, 0.29) is 11.8 Å². The molecule has 27 heavy (non-hydrogen) atoms. The summed E-state index contributed by atoms with van der Waals surface area (Å²) in [6.45, 7) is 0. The molecule has 0 saturated carbocycles. The fourth-order valence-electron chi connectivity index (χ4n) is 2.64. The lowest BCUT2D eigenvalue weighted by Crippen LogP contribution is -2.37. The first-order chi connectivity index (χ1) is 13.1. The summed E-state index contributed by atoms with van der Waals surface area (Å²) in [6, 6.07) is 21.4. The number of hydrogen-bond acceptors (Lipinski definition) is 3. The molecule has 1 unspecified atom stereocenters. The first kappa shape index (κ1) is 19.1. The lowest BCUT2D eigenvalue weighted by Gasteiger charge is -2.19. The summed E-state index contributed by atoms with van der Waals surface area (Å²) < 4.78 is 0.704. The fraction of sp³-hybridized carbons (Fsp3) is 0.143. The van der Waals surface area contributed by atoms with Crippen LogP contribution in [0.15, 0.2) is 72.8 Å². The van der Waals surface area contributed by atoms with Crippen LogP contribution in [0.4, 0.5) is 5.69 Å². The highest BCUT2D eigenvalue weighted by Crippen LogP contribution is 2.23. The maximum Gasteiger partial charge on any atom is 0.251 e. The van der Waals surface area contributed by atoms with Gasteiger partial charge in [-0.1, -0.05) is 60.1 Å². The highest BCUT2D eigenvalue weighted by Gasteiger charge is 2.22. The Morgan fingerprint density at radius 1 is 0.926 bits per heavy atom. The van der Waals surface area contributed by atoms with Crippen LogP contribution in [0.2, 0.25) is 4.34 Å². The van der Waals surface area contributed by atoms with Gasteiger partial charge < -0.3 is 10.6 Å². The number of rotatable bonds is 7. The van der Waals surface area contributed by atoms with Crippen LogP contribution in [0, 0.1) is 0 Å². The number of hydrogen-bond donors (Lipinski definition) is 2. The molecule has 0 fully saturated rings. The van der Waals surface area contributed by atoms with Crippen LogP contribution < -0.4 is 10.6 Å². The third kappa shape index (κ3) is 5.67. The van der Waals surface area contributed by atoms with Crippen molar-refractivity contribution in [2.24, 2.45) is 0 Å². The average molecular weight is 399 g/mol. The van der Waals surface area contributed by atoms with E-state index in [1.807, 2.05) is 72.8 Å². The number of halogens is 1. The Balaban J connectivity index is 1.68. The molecule has 0 bridgehead atoms. The molecule has 0 spiro atoms. The number of nitrogens with one attached hydrogen (secondary N) is 2. The summed E-state index contributed by atoms with van der Waals surface area (Å²) in [5.74, 6) is -0.462. The van der Waals surface area contributed by atoms with Crippen molar-refractivity contribution < 1.29 is 9.59 Å². The van der Waals surface area contributed by atoms with Crippen LogP contribution in [-0.4, -0.2) is 11.8 Å². The molecule has 2 aromatic carbocycles. The van der Waals surface area contributed by atoms with Crippen LogP contribution in [0.3, 0.4) is 0 Å². The van der Waals surface area contributed by atoms with Gasteiger partial charge in [0.1, 0.15) is 6.04 Å². The van der Waals surface area contributed by atoms with Gasteiger partial charge in [-0.25, -0.2) is 0 Å². The summed E-state index contributed by atoms with van der Waals surface area (Å²) >= 11 is 7.38. The van der Waals surface area contributed by atoms with E-state index in [2.05, 4.69) is 10.6 Å². The number of aryl methyl sites for hydroxylation is 1. The second-order valence-electron chi connectivity index (χ2n) is 5.97. The number of thiophene rings is 1. The molecular weight excluding hydrogens is 380 g/mol. The molecule has 0 radical (unpaired) electrons. The molecule has 2 amide bonds. The van der Waals surface area contributed by atoms with Crippen molar-refractivity contribution in [3.8, 4) is 0 Å². The van der Waals surface area contributed by atoms with E-state index in [0.29, 0.717) is 22.9 Å². The number of amides is 2. The van der Waals surface area contributed by atoms with Gasteiger partial charge in [-0.05, 0) is 36.2 Å². The van der Waals surface area contributed by atoms with Gasteiger partial charge in [-0.15, -0.1) is 11.3 Å². The summed E-state index contributed by atoms with van der Waals surface area (Å²) in [5.41, 5.74) is 1.42. The SMILES string of the molecule is O=C(CCc1ccc(Cl)s1)NC(C(=O)Nc1ccccc1)c1ccccc1. The van der Waals surface area contributed by atoms with Gasteiger partial charge in [-0.3, -0.25) is 9.59 Å². The molecule has 0 aliphatic rings. The molecule has 138 valence electrons. The molecule has 1 heterocycles. The summed E-state index contributed by atoms with van der Waals surface area (Å²) in [6.07, 6.45) is 0.879. The number of benzene rings is 2. The van der Waals surface area contributed by atoms with Crippen molar-refractivity contribution in [3.05, 3.63) is 87.6 Å². The van der Waals surface area contributed by atoms with Gasteiger partial charge in [0.15, 0.2) is 0 Å². The topological polar surface area (TPSA) is 58.2 Å². The van der Waals surface area contributed by atoms with E-state index in [0.717, 1.165) is 10.4 Å². The molecule has 6 heteroatoms. The van der Waals surface area contributed by atoms with E-state index in [1.54, 1.807) is 0 Å². The van der Waals surface area contributed by atoms with Gasteiger partial charge >= 0.3 is 0 Å². The normalized spacial score (nSPS) is 11.6. The van der Waals surface area contributed by atoms with Gasteiger partial charge in [0, 0.05) is 17.0 Å². The van der Waals surface area contributed by atoms with E-state index >= 15 is 0 Å². The average Bonchev–Trinajstić information content (AvgIpc) is 3.11. The minimum atomic E-state index is -0.758. The quantitative estimate of drug-likeness (QED) is 0.598. The number of anilines is 1. The first-order valence-electron chi connectivity index (χ1n) is 8.56. The Morgan fingerprint density at radius 2 is 1.59 bits per heavy atom. The van der Waals surface area contributed by atoms with E-state index in [9.17, 15) is 9.59 Å². The van der Waals surface area contributed by atoms with Crippen molar-refractivity contribution in [3.63, 3.8) is 0 Å². The minimum absolute atomic E-state index is 0.184. The zero-order valence-electron chi connectivity index (χ0n) is 14.5. The molecule has 2 N–H and O–H groups in total. The zero-order chi connectivity index (χ0) is 19.1. The predicted octanol–water partition coefficient (Wildman–Crippen LogP) is 4.83. The van der Waals surface area contributed by atoms with Crippen LogP contribution in [-0.2, 0) is 16.0 Å². The fourth-order valence-corrected chi connectivity index (χ4v) is 3.72. The number of para-hydroxylation sites is 1.